The van der Waals surface area contributed by atoms with Crippen LogP contribution >= 0.6 is 0 Å². The van der Waals surface area contributed by atoms with Crippen molar-refractivity contribution in [1.29, 1.82) is 0 Å². The van der Waals surface area contributed by atoms with Crippen LogP contribution in [0.5, 0.6) is 0 Å². The first-order chi connectivity index (χ1) is 17.6. The van der Waals surface area contributed by atoms with E-state index in [-0.39, 0.29) is 17.7 Å². The number of ether oxygens (including phenoxy) is 1. The van der Waals surface area contributed by atoms with Gasteiger partial charge in [0.1, 0.15) is 29.6 Å². The zero-order chi connectivity index (χ0) is 24.9. The molecule has 0 saturated carbocycles. The maximum atomic E-state index is 13.6. The molecule has 3 heterocycles. The van der Waals surface area contributed by atoms with Gasteiger partial charge in [-0.3, -0.25) is 0 Å². The van der Waals surface area contributed by atoms with Crippen LogP contribution in [0.15, 0.2) is 54.9 Å². The molecule has 2 aliphatic heterocycles. The van der Waals surface area contributed by atoms with E-state index in [1.807, 2.05) is 12.1 Å². The van der Waals surface area contributed by atoms with Crippen molar-refractivity contribution in [2.24, 2.45) is 5.92 Å². The number of aromatic nitrogens is 2. The highest BCUT2D eigenvalue weighted by Gasteiger charge is 2.30. The summed E-state index contributed by atoms with van der Waals surface area (Å²) < 4.78 is 33.6. The number of nitrogen functional groups attached to an aromatic ring is 1. The van der Waals surface area contributed by atoms with Crippen LogP contribution in [-0.4, -0.2) is 54.2 Å². The number of rotatable bonds is 8. The van der Waals surface area contributed by atoms with Crippen LogP contribution < -0.4 is 10.6 Å². The van der Waals surface area contributed by atoms with Crippen LogP contribution in [0.25, 0.3) is 11.1 Å². The third kappa shape index (κ3) is 5.65. The van der Waals surface area contributed by atoms with E-state index in [0.717, 1.165) is 68.1 Å². The molecule has 2 N–H and O–H groups in total. The minimum atomic E-state index is -0.298. The lowest BCUT2D eigenvalue weighted by Crippen LogP contribution is -2.37. The van der Waals surface area contributed by atoms with Crippen molar-refractivity contribution in [2.75, 3.05) is 50.0 Å². The first-order valence-electron chi connectivity index (χ1n) is 12.8. The van der Waals surface area contributed by atoms with E-state index in [1.165, 1.54) is 43.4 Å². The number of anilines is 2. The van der Waals surface area contributed by atoms with Crippen molar-refractivity contribution in [3.63, 3.8) is 0 Å². The molecular weight excluding hydrogens is 460 g/mol. The zero-order valence-electron chi connectivity index (χ0n) is 20.5. The summed E-state index contributed by atoms with van der Waals surface area (Å²) in [5, 5.41) is 0. The first kappa shape index (κ1) is 24.6. The second-order valence-corrected chi connectivity index (χ2v) is 9.68. The Morgan fingerprint density at radius 1 is 0.889 bits per heavy atom. The molecule has 5 rings (SSSR count). The van der Waals surface area contributed by atoms with Crippen molar-refractivity contribution in [2.45, 2.75) is 31.8 Å². The Balaban J connectivity index is 1.30. The van der Waals surface area contributed by atoms with Crippen molar-refractivity contribution >= 4 is 11.6 Å². The zero-order valence-corrected chi connectivity index (χ0v) is 20.5. The minimum absolute atomic E-state index is 0.0811. The number of nitrogens with zero attached hydrogens (tertiary/aromatic N) is 4. The van der Waals surface area contributed by atoms with Crippen LogP contribution in [-0.2, 0) is 4.74 Å². The van der Waals surface area contributed by atoms with Gasteiger partial charge < -0.3 is 20.3 Å². The highest BCUT2D eigenvalue weighted by atomic mass is 19.1. The predicted octanol–water partition coefficient (Wildman–Crippen LogP) is 5.07. The number of benzene rings is 2. The summed E-state index contributed by atoms with van der Waals surface area (Å²) in [6.07, 6.45) is 5.71. The van der Waals surface area contributed by atoms with Gasteiger partial charge >= 0.3 is 0 Å². The molecule has 1 unspecified atom stereocenters. The highest BCUT2D eigenvalue weighted by molar-refractivity contribution is 5.84. The molecule has 2 saturated heterocycles. The summed E-state index contributed by atoms with van der Waals surface area (Å²) in [5.41, 5.74) is 8.79. The molecule has 8 heteroatoms. The molecule has 1 aromatic heterocycles. The van der Waals surface area contributed by atoms with Gasteiger partial charge in [-0.2, -0.15) is 0 Å². The number of halogens is 2. The number of nitrogens with two attached hydrogens (primary N) is 1. The fourth-order valence-corrected chi connectivity index (χ4v) is 5.41. The van der Waals surface area contributed by atoms with Crippen LogP contribution in [0.1, 0.15) is 37.4 Å². The lowest BCUT2D eigenvalue weighted by molar-refractivity contribution is -0.00518. The molecular formula is C28H33F2N5O. The summed E-state index contributed by atoms with van der Waals surface area (Å²) in [6, 6.07) is 13.0. The Labute approximate surface area is 211 Å². The molecule has 0 bridgehead atoms. The van der Waals surface area contributed by atoms with Crippen LogP contribution in [0.2, 0.25) is 0 Å². The number of hydrogen-bond acceptors (Lipinski definition) is 6. The quantitative estimate of drug-likeness (QED) is 0.472. The summed E-state index contributed by atoms with van der Waals surface area (Å²) in [4.78, 5) is 13.4. The SMILES string of the molecule is Nc1ncnc(N2CCC(C(OCCN3CCCC3)c3ccc(F)cc3)CC2)c1-c1ccc(F)cc1. The molecule has 1 atom stereocenters. The molecule has 0 aliphatic carbocycles. The molecule has 190 valence electrons. The topological polar surface area (TPSA) is 67.5 Å². The lowest BCUT2D eigenvalue weighted by atomic mass is 9.87. The molecule has 3 aromatic rings. The fourth-order valence-electron chi connectivity index (χ4n) is 5.41. The minimum Gasteiger partial charge on any atom is -0.383 e. The molecule has 0 spiro atoms. The Morgan fingerprint density at radius 3 is 2.19 bits per heavy atom. The third-order valence-electron chi connectivity index (χ3n) is 7.36. The number of hydrogen-bond donors (Lipinski definition) is 1. The van der Waals surface area contributed by atoms with E-state index < -0.39 is 0 Å². The molecule has 0 radical (unpaired) electrons. The van der Waals surface area contributed by atoms with Gasteiger partial charge in [-0.25, -0.2) is 18.7 Å². The van der Waals surface area contributed by atoms with Gasteiger partial charge in [-0.15, -0.1) is 0 Å². The second kappa shape index (κ2) is 11.3. The van der Waals surface area contributed by atoms with Gasteiger partial charge in [0.2, 0.25) is 0 Å². The van der Waals surface area contributed by atoms with Crippen LogP contribution in [0.4, 0.5) is 20.4 Å². The Morgan fingerprint density at radius 2 is 1.53 bits per heavy atom. The van der Waals surface area contributed by atoms with Crippen molar-refractivity contribution in [3.8, 4) is 11.1 Å². The average molecular weight is 494 g/mol. The normalized spacial score (nSPS) is 18.0. The van der Waals surface area contributed by atoms with Gasteiger partial charge in [0.05, 0.1) is 18.3 Å². The summed E-state index contributed by atoms with van der Waals surface area (Å²) in [6.45, 7) is 5.44. The van der Waals surface area contributed by atoms with Gasteiger partial charge in [-0.05, 0) is 80.1 Å². The maximum absolute atomic E-state index is 13.6. The van der Waals surface area contributed by atoms with E-state index >= 15 is 0 Å². The summed E-state index contributed by atoms with van der Waals surface area (Å²) >= 11 is 0. The smallest absolute Gasteiger partial charge is 0.142 e. The van der Waals surface area contributed by atoms with Gasteiger partial charge in [-0.1, -0.05) is 24.3 Å². The monoisotopic (exact) mass is 493 g/mol. The lowest BCUT2D eigenvalue weighted by Gasteiger charge is -2.37. The van der Waals surface area contributed by atoms with Gasteiger partial charge in [0.15, 0.2) is 0 Å². The van der Waals surface area contributed by atoms with Crippen molar-refractivity contribution in [3.05, 3.63) is 72.1 Å². The van der Waals surface area contributed by atoms with Crippen molar-refractivity contribution < 1.29 is 13.5 Å². The number of likely N-dealkylation sites (tertiary alicyclic amines) is 1. The molecule has 36 heavy (non-hydrogen) atoms. The van der Waals surface area contributed by atoms with Gasteiger partial charge in [0.25, 0.3) is 0 Å². The average Bonchev–Trinajstić information content (AvgIpc) is 3.42. The van der Waals surface area contributed by atoms with E-state index in [9.17, 15) is 8.78 Å². The maximum Gasteiger partial charge on any atom is 0.142 e. The Hall–Kier alpha value is -3.10. The molecule has 2 fully saturated rings. The Bertz CT molecular complexity index is 1130. The van der Waals surface area contributed by atoms with Crippen LogP contribution in [0.3, 0.4) is 0 Å². The summed E-state index contributed by atoms with van der Waals surface area (Å²) in [7, 11) is 0. The van der Waals surface area contributed by atoms with E-state index in [4.69, 9.17) is 10.5 Å². The number of piperidine rings is 1. The first-order valence-corrected chi connectivity index (χ1v) is 12.8. The Kier molecular flexibility index (Phi) is 7.72. The van der Waals surface area contributed by atoms with E-state index in [2.05, 4.69) is 19.8 Å². The molecule has 2 aliphatic rings. The van der Waals surface area contributed by atoms with Crippen LogP contribution in [0, 0.1) is 17.6 Å². The van der Waals surface area contributed by atoms with E-state index in [0.29, 0.717) is 18.3 Å². The fraction of sp³-hybridized carbons (Fsp3) is 0.429. The standard InChI is InChI=1S/C28H33F2N5O/c29-23-7-3-20(4-8-23)25-27(31)32-19-33-28(25)35-15-11-22(12-16-35)26(21-5-9-24(30)10-6-21)36-18-17-34-13-1-2-14-34/h3-10,19,22,26H,1-2,11-18H2,(H2,31,32,33). The highest BCUT2D eigenvalue weighted by Crippen LogP contribution is 2.38. The van der Waals surface area contributed by atoms with E-state index in [1.54, 1.807) is 12.1 Å². The third-order valence-corrected chi connectivity index (χ3v) is 7.36. The largest absolute Gasteiger partial charge is 0.383 e. The second-order valence-electron chi connectivity index (χ2n) is 9.68. The van der Waals surface area contributed by atoms with Crippen molar-refractivity contribution in [1.82, 2.24) is 14.9 Å². The summed E-state index contributed by atoms with van der Waals surface area (Å²) in [5.74, 6) is 0.912. The molecule has 6 nitrogen and oxygen atoms in total. The molecule has 0 amide bonds. The van der Waals surface area contributed by atoms with Gasteiger partial charge in [0, 0.05) is 19.6 Å². The predicted molar refractivity (Wildman–Crippen MR) is 138 cm³/mol. The molecule has 2 aromatic carbocycles.